The van der Waals surface area contributed by atoms with Crippen molar-refractivity contribution in [1.29, 1.82) is 0 Å². The Balaban J connectivity index is 1.95. The molecule has 1 aromatic rings. The minimum Gasteiger partial charge on any atom is -0.367 e. The van der Waals surface area contributed by atoms with Gasteiger partial charge < -0.3 is 15.1 Å². The van der Waals surface area contributed by atoms with Crippen molar-refractivity contribution in [2.45, 2.75) is 6.92 Å². The number of hydrogen-bond acceptors (Lipinski definition) is 2. The van der Waals surface area contributed by atoms with E-state index in [1.807, 2.05) is 30.0 Å². The van der Waals surface area contributed by atoms with Gasteiger partial charge in [0.2, 0.25) is 0 Å². The number of nitrogens with one attached hydrogen (secondary N) is 1. The minimum absolute atomic E-state index is 0.0456. The van der Waals surface area contributed by atoms with Gasteiger partial charge in [-0.2, -0.15) is 0 Å². The van der Waals surface area contributed by atoms with Crippen molar-refractivity contribution in [2.75, 3.05) is 37.6 Å². The number of amides is 2. The fourth-order valence-electron chi connectivity index (χ4n) is 2.12. The molecule has 0 atom stereocenters. The number of para-hydroxylation sites is 1. The molecular formula is C13H18BrN3O. The summed E-state index contributed by atoms with van der Waals surface area (Å²) in [5.74, 6) is 0. The number of nitrogens with zero attached hydrogens (tertiary/aromatic N) is 2. The third-order valence-corrected chi connectivity index (χ3v) is 3.76. The number of halogens is 1. The molecule has 5 heteroatoms. The lowest BCUT2D eigenvalue weighted by Gasteiger charge is -2.36. The highest BCUT2D eigenvalue weighted by Crippen LogP contribution is 2.26. The van der Waals surface area contributed by atoms with Gasteiger partial charge in [0.15, 0.2) is 0 Å². The summed E-state index contributed by atoms with van der Waals surface area (Å²) in [5, 5.41) is 2.84. The molecule has 0 unspecified atom stereocenters. The van der Waals surface area contributed by atoms with Crippen molar-refractivity contribution in [3.8, 4) is 0 Å². The van der Waals surface area contributed by atoms with Gasteiger partial charge in [-0.05, 0) is 35.0 Å². The summed E-state index contributed by atoms with van der Waals surface area (Å²) >= 11 is 3.57. The van der Waals surface area contributed by atoms with E-state index in [-0.39, 0.29) is 6.03 Å². The van der Waals surface area contributed by atoms with Crippen molar-refractivity contribution >= 4 is 27.6 Å². The Morgan fingerprint density at radius 2 is 1.94 bits per heavy atom. The number of rotatable bonds is 2. The molecule has 1 fully saturated rings. The Morgan fingerprint density at radius 1 is 1.28 bits per heavy atom. The summed E-state index contributed by atoms with van der Waals surface area (Å²) in [6, 6.07) is 8.25. The molecule has 1 aliphatic heterocycles. The van der Waals surface area contributed by atoms with Crippen LogP contribution in [0.3, 0.4) is 0 Å². The lowest BCUT2D eigenvalue weighted by molar-refractivity contribution is 0.195. The first-order valence-corrected chi connectivity index (χ1v) is 7.04. The maximum atomic E-state index is 11.7. The largest absolute Gasteiger partial charge is 0.367 e. The molecular weight excluding hydrogens is 294 g/mol. The van der Waals surface area contributed by atoms with Gasteiger partial charge in [-0.3, -0.25) is 0 Å². The number of carbonyl (C=O) groups is 1. The molecule has 1 N–H and O–H groups in total. The summed E-state index contributed by atoms with van der Waals surface area (Å²) in [5.41, 5.74) is 1.20. The van der Waals surface area contributed by atoms with E-state index in [0.29, 0.717) is 6.54 Å². The molecule has 0 spiro atoms. The molecule has 98 valence electrons. The van der Waals surface area contributed by atoms with Crippen LogP contribution in [0, 0.1) is 0 Å². The molecule has 18 heavy (non-hydrogen) atoms. The summed E-state index contributed by atoms with van der Waals surface area (Å²) in [7, 11) is 0. The van der Waals surface area contributed by atoms with Crippen LogP contribution >= 0.6 is 15.9 Å². The second kappa shape index (κ2) is 6.09. The first-order valence-electron chi connectivity index (χ1n) is 6.24. The van der Waals surface area contributed by atoms with E-state index in [1.165, 1.54) is 5.69 Å². The molecule has 1 aromatic carbocycles. The van der Waals surface area contributed by atoms with Crippen LogP contribution in [0.1, 0.15) is 6.92 Å². The lowest BCUT2D eigenvalue weighted by atomic mass is 10.2. The number of benzene rings is 1. The van der Waals surface area contributed by atoms with Crippen LogP contribution in [-0.2, 0) is 0 Å². The third kappa shape index (κ3) is 2.96. The first-order chi connectivity index (χ1) is 8.72. The average Bonchev–Trinajstić information content (AvgIpc) is 2.40. The maximum absolute atomic E-state index is 11.7. The number of piperazine rings is 1. The second-order valence-corrected chi connectivity index (χ2v) is 5.12. The van der Waals surface area contributed by atoms with Crippen LogP contribution in [0.4, 0.5) is 10.5 Å². The Bertz CT molecular complexity index is 416. The van der Waals surface area contributed by atoms with Crippen LogP contribution in [0.15, 0.2) is 28.7 Å². The summed E-state index contributed by atoms with van der Waals surface area (Å²) < 4.78 is 1.11. The number of urea groups is 1. The van der Waals surface area contributed by atoms with E-state index in [9.17, 15) is 4.79 Å². The highest BCUT2D eigenvalue weighted by molar-refractivity contribution is 9.10. The normalized spacial score (nSPS) is 15.7. The van der Waals surface area contributed by atoms with Crippen molar-refractivity contribution in [1.82, 2.24) is 10.2 Å². The molecule has 0 aliphatic carbocycles. The molecule has 0 radical (unpaired) electrons. The Kier molecular flexibility index (Phi) is 4.47. The van der Waals surface area contributed by atoms with E-state index in [1.54, 1.807) is 0 Å². The van der Waals surface area contributed by atoms with Crippen molar-refractivity contribution in [2.24, 2.45) is 0 Å². The van der Waals surface area contributed by atoms with Crippen molar-refractivity contribution in [3.63, 3.8) is 0 Å². The number of hydrogen-bond donors (Lipinski definition) is 1. The molecule has 2 amide bonds. The highest BCUT2D eigenvalue weighted by atomic mass is 79.9. The Morgan fingerprint density at radius 3 is 2.56 bits per heavy atom. The van der Waals surface area contributed by atoms with Crippen LogP contribution < -0.4 is 10.2 Å². The van der Waals surface area contributed by atoms with Gasteiger partial charge in [-0.15, -0.1) is 0 Å². The second-order valence-electron chi connectivity index (χ2n) is 4.26. The van der Waals surface area contributed by atoms with E-state index in [2.05, 4.69) is 32.2 Å². The van der Waals surface area contributed by atoms with Crippen LogP contribution in [0.5, 0.6) is 0 Å². The van der Waals surface area contributed by atoms with Crippen LogP contribution in [-0.4, -0.2) is 43.7 Å². The molecule has 1 heterocycles. The minimum atomic E-state index is 0.0456. The zero-order chi connectivity index (χ0) is 13.0. The van der Waals surface area contributed by atoms with Crippen molar-refractivity contribution < 1.29 is 4.79 Å². The van der Waals surface area contributed by atoms with Crippen LogP contribution in [0.25, 0.3) is 0 Å². The summed E-state index contributed by atoms with van der Waals surface area (Å²) in [4.78, 5) is 15.9. The fraction of sp³-hybridized carbons (Fsp3) is 0.462. The van der Waals surface area contributed by atoms with Gasteiger partial charge in [-0.1, -0.05) is 12.1 Å². The SMILES string of the molecule is CCNC(=O)N1CCN(c2ccccc2Br)CC1. The van der Waals surface area contributed by atoms with E-state index in [4.69, 9.17) is 0 Å². The maximum Gasteiger partial charge on any atom is 0.317 e. The molecule has 0 saturated carbocycles. The smallest absolute Gasteiger partial charge is 0.317 e. The lowest BCUT2D eigenvalue weighted by Crippen LogP contribution is -2.51. The van der Waals surface area contributed by atoms with E-state index < -0.39 is 0 Å². The molecule has 1 saturated heterocycles. The molecule has 4 nitrogen and oxygen atoms in total. The zero-order valence-electron chi connectivity index (χ0n) is 10.5. The molecule has 1 aliphatic rings. The summed E-state index contributed by atoms with van der Waals surface area (Å²) in [6.45, 7) is 5.92. The summed E-state index contributed by atoms with van der Waals surface area (Å²) in [6.07, 6.45) is 0. The van der Waals surface area contributed by atoms with Crippen LogP contribution in [0.2, 0.25) is 0 Å². The third-order valence-electron chi connectivity index (χ3n) is 3.09. The predicted octanol–water partition coefficient (Wildman–Crippen LogP) is 2.30. The average molecular weight is 312 g/mol. The fourth-order valence-corrected chi connectivity index (χ4v) is 2.66. The quantitative estimate of drug-likeness (QED) is 0.909. The van der Waals surface area contributed by atoms with Gasteiger partial charge in [0, 0.05) is 37.2 Å². The predicted molar refractivity (Wildman–Crippen MR) is 77.0 cm³/mol. The van der Waals surface area contributed by atoms with Gasteiger partial charge in [0.1, 0.15) is 0 Å². The number of carbonyl (C=O) groups excluding carboxylic acids is 1. The van der Waals surface area contributed by atoms with Gasteiger partial charge >= 0.3 is 6.03 Å². The monoisotopic (exact) mass is 311 g/mol. The number of anilines is 1. The van der Waals surface area contributed by atoms with Gasteiger partial charge in [0.25, 0.3) is 0 Å². The van der Waals surface area contributed by atoms with Gasteiger partial charge in [-0.25, -0.2) is 4.79 Å². The topological polar surface area (TPSA) is 35.6 Å². The molecule has 2 rings (SSSR count). The van der Waals surface area contributed by atoms with E-state index >= 15 is 0 Å². The first kappa shape index (κ1) is 13.2. The Hall–Kier alpha value is -1.23. The zero-order valence-corrected chi connectivity index (χ0v) is 12.1. The van der Waals surface area contributed by atoms with Crippen molar-refractivity contribution in [3.05, 3.63) is 28.7 Å². The van der Waals surface area contributed by atoms with Gasteiger partial charge in [0.05, 0.1) is 5.69 Å². The van der Waals surface area contributed by atoms with E-state index in [0.717, 1.165) is 30.7 Å². The standard InChI is InChI=1S/C13H18BrN3O/c1-2-15-13(18)17-9-7-16(8-10-17)12-6-4-3-5-11(12)14/h3-6H,2,7-10H2,1H3,(H,15,18). The molecule has 0 aromatic heterocycles. The highest BCUT2D eigenvalue weighted by Gasteiger charge is 2.21. The Labute approximate surface area is 116 Å². The molecule has 0 bridgehead atoms.